The number of carbonyl (C=O) groups is 4. The van der Waals surface area contributed by atoms with E-state index in [9.17, 15) is 24.3 Å². The van der Waals surface area contributed by atoms with Crippen molar-refractivity contribution in [3.8, 4) is 0 Å². The van der Waals surface area contributed by atoms with Crippen LogP contribution in [0.3, 0.4) is 0 Å². The fraction of sp³-hybridized carbons (Fsp3) is 0.583. The summed E-state index contributed by atoms with van der Waals surface area (Å²) in [5, 5.41) is 21.7. The molecular formula is C24H34N4O5S2. The van der Waals surface area contributed by atoms with Gasteiger partial charge in [-0.15, -0.1) is 23.5 Å². The SMILES string of the molecule is CCCC(NC(=O)C1CC2(CN1)SCCS2)C(O)C(=O)NCC(=O)N[C@H](C(C)=O)c1ccccc1. The first-order chi connectivity index (χ1) is 16.7. The van der Waals surface area contributed by atoms with Gasteiger partial charge in [0.1, 0.15) is 6.04 Å². The smallest absolute Gasteiger partial charge is 0.251 e. The molecule has 35 heavy (non-hydrogen) atoms. The van der Waals surface area contributed by atoms with E-state index in [0.29, 0.717) is 24.8 Å². The highest BCUT2D eigenvalue weighted by Gasteiger charge is 2.45. The van der Waals surface area contributed by atoms with E-state index in [4.69, 9.17) is 0 Å². The third kappa shape index (κ3) is 7.45. The number of aliphatic hydroxyl groups excluding tert-OH is 1. The van der Waals surface area contributed by atoms with Crippen molar-refractivity contribution in [1.29, 1.82) is 0 Å². The van der Waals surface area contributed by atoms with Crippen LogP contribution in [0, 0.1) is 0 Å². The quantitative estimate of drug-likeness (QED) is 0.287. The van der Waals surface area contributed by atoms with Crippen molar-refractivity contribution in [1.82, 2.24) is 21.3 Å². The lowest BCUT2D eigenvalue weighted by molar-refractivity contribution is -0.134. The van der Waals surface area contributed by atoms with Crippen LogP contribution in [0.25, 0.3) is 0 Å². The first-order valence-electron chi connectivity index (χ1n) is 11.9. The molecule has 0 bridgehead atoms. The Labute approximate surface area is 214 Å². The summed E-state index contributed by atoms with van der Waals surface area (Å²) in [6.45, 7) is 3.63. The Hall–Kier alpha value is -2.08. The molecule has 1 spiro atoms. The Morgan fingerprint density at radius 2 is 1.83 bits per heavy atom. The number of aliphatic hydroxyl groups is 1. The Morgan fingerprint density at radius 1 is 1.14 bits per heavy atom. The number of benzene rings is 1. The summed E-state index contributed by atoms with van der Waals surface area (Å²) in [4.78, 5) is 49.8. The minimum Gasteiger partial charge on any atom is -0.381 e. The van der Waals surface area contributed by atoms with Gasteiger partial charge in [-0.05, 0) is 25.3 Å². The number of ketones is 1. The molecule has 2 saturated heterocycles. The molecule has 9 nitrogen and oxygen atoms in total. The first-order valence-corrected chi connectivity index (χ1v) is 13.8. The summed E-state index contributed by atoms with van der Waals surface area (Å²) >= 11 is 3.75. The maximum Gasteiger partial charge on any atom is 0.251 e. The molecule has 1 aromatic carbocycles. The van der Waals surface area contributed by atoms with Gasteiger partial charge in [-0.3, -0.25) is 19.2 Å². The maximum atomic E-state index is 12.9. The van der Waals surface area contributed by atoms with Crippen LogP contribution in [0.15, 0.2) is 30.3 Å². The van der Waals surface area contributed by atoms with E-state index in [1.807, 2.05) is 36.5 Å². The van der Waals surface area contributed by atoms with E-state index in [1.54, 1.807) is 24.3 Å². The molecule has 3 amide bonds. The zero-order valence-electron chi connectivity index (χ0n) is 20.0. The zero-order valence-corrected chi connectivity index (χ0v) is 21.7. The monoisotopic (exact) mass is 522 g/mol. The lowest BCUT2D eigenvalue weighted by Crippen LogP contribution is -2.54. The predicted octanol–water partition coefficient (Wildman–Crippen LogP) is 0.733. The van der Waals surface area contributed by atoms with E-state index < -0.39 is 36.5 Å². The number of rotatable bonds is 11. The van der Waals surface area contributed by atoms with Crippen molar-refractivity contribution >= 4 is 47.0 Å². The van der Waals surface area contributed by atoms with Gasteiger partial charge in [0.2, 0.25) is 11.8 Å². The molecule has 0 radical (unpaired) electrons. The predicted molar refractivity (Wildman–Crippen MR) is 138 cm³/mol. The van der Waals surface area contributed by atoms with Gasteiger partial charge < -0.3 is 26.4 Å². The van der Waals surface area contributed by atoms with E-state index in [-0.39, 0.29) is 21.8 Å². The Bertz CT molecular complexity index is 910. The Balaban J connectivity index is 1.50. The fourth-order valence-corrected chi connectivity index (χ4v) is 7.46. The van der Waals surface area contributed by atoms with Gasteiger partial charge in [0, 0.05) is 18.1 Å². The highest BCUT2D eigenvalue weighted by Crippen LogP contribution is 2.49. The molecule has 2 aliphatic heterocycles. The second-order valence-electron chi connectivity index (χ2n) is 8.83. The highest BCUT2D eigenvalue weighted by molar-refractivity contribution is 8.21. The van der Waals surface area contributed by atoms with Crippen LogP contribution in [0.1, 0.15) is 44.7 Å². The molecule has 5 N–H and O–H groups in total. The normalized spacial score (nSPS) is 21.2. The van der Waals surface area contributed by atoms with Crippen molar-refractivity contribution < 1.29 is 24.3 Å². The van der Waals surface area contributed by atoms with Crippen molar-refractivity contribution in [3.63, 3.8) is 0 Å². The van der Waals surface area contributed by atoms with Gasteiger partial charge in [-0.2, -0.15) is 0 Å². The Morgan fingerprint density at radius 3 is 2.46 bits per heavy atom. The van der Waals surface area contributed by atoms with Crippen molar-refractivity contribution in [2.24, 2.45) is 0 Å². The van der Waals surface area contributed by atoms with Crippen LogP contribution in [-0.2, 0) is 19.2 Å². The number of amides is 3. The van der Waals surface area contributed by atoms with E-state index in [0.717, 1.165) is 18.1 Å². The summed E-state index contributed by atoms with van der Waals surface area (Å²) in [6, 6.07) is 6.85. The number of Topliss-reactive ketones (excluding diaryl/α,β-unsaturated/α-hetero) is 1. The largest absolute Gasteiger partial charge is 0.381 e. The summed E-state index contributed by atoms with van der Waals surface area (Å²) in [6.07, 6.45) is 0.263. The molecule has 3 unspecified atom stereocenters. The van der Waals surface area contributed by atoms with Gasteiger partial charge in [0.15, 0.2) is 11.9 Å². The van der Waals surface area contributed by atoms with Crippen LogP contribution in [0.5, 0.6) is 0 Å². The second kappa shape index (κ2) is 12.8. The van der Waals surface area contributed by atoms with Crippen LogP contribution in [0.4, 0.5) is 0 Å². The van der Waals surface area contributed by atoms with Crippen LogP contribution >= 0.6 is 23.5 Å². The lowest BCUT2D eigenvalue weighted by atomic mass is 10.0. The van der Waals surface area contributed by atoms with Gasteiger partial charge in [-0.1, -0.05) is 43.7 Å². The maximum absolute atomic E-state index is 12.9. The lowest BCUT2D eigenvalue weighted by Gasteiger charge is -2.25. The van der Waals surface area contributed by atoms with Crippen molar-refractivity contribution in [2.75, 3.05) is 24.6 Å². The summed E-state index contributed by atoms with van der Waals surface area (Å²) in [7, 11) is 0. The average molecular weight is 523 g/mol. The fourth-order valence-electron chi connectivity index (χ4n) is 4.27. The third-order valence-electron chi connectivity index (χ3n) is 6.11. The molecule has 3 rings (SSSR count). The van der Waals surface area contributed by atoms with E-state index >= 15 is 0 Å². The molecule has 4 atom stereocenters. The van der Waals surface area contributed by atoms with Crippen LogP contribution < -0.4 is 21.3 Å². The topological polar surface area (TPSA) is 137 Å². The number of nitrogens with one attached hydrogen (secondary N) is 4. The molecular weight excluding hydrogens is 488 g/mol. The van der Waals surface area contributed by atoms with Crippen molar-refractivity contribution in [2.45, 2.75) is 61.4 Å². The summed E-state index contributed by atoms with van der Waals surface area (Å²) in [5.74, 6) is 0.366. The zero-order chi connectivity index (χ0) is 25.4. The molecule has 11 heteroatoms. The molecule has 2 heterocycles. The Kier molecular flexibility index (Phi) is 10.0. The number of hydrogen-bond donors (Lipinski definition) is 5. The third-order valence-corrected chi connectivity index (χ3v) is 9.56. The minimum atomic E-state index is -1.50. The van der Waals surface area contributed by atoms with Gasteiger partial charge >= 0.3 is 0 Å². The van der Waals surface area contributed by atoms with Crippen molar-refractivity contribution in [3.05, 3.63) is 35.9 Å². The highest BCUT2D eigenvalue weighted by atomic mass is 32.2. The average Bonchev–Trinajstić information content (AvgIpc) is 3.50. The van der Waals surface area contributed by atoms with Crippen LogP contribution in [0.2, 0.25) is 0 Å². The summed E-state index contributed by atoms with van der Waals surface area (Å²) in [5.41, 5.74) is 0.641. The molecule has 1 aromatic rings. The molecule has 2 fully saturated rings. The second-order valence-corrected chi connectivity index (χ2v) is 12.0. The minimum absolute atomic E-state index is 0.0308. The molecule has 0 saturated carbocycles. The van der Waals surface area contributed by atoms with E-state index in [2.05, 4.69) is 21.3 Å². The number of thioether (sulfide) groups is 2. The molecule has 2 aliphatic rings. The first kappa shape index (κ1) is 27.5. The van der Waals surface area contributed by atoms with Gasteiger partial charge in [-0.25, -0.2) is 0 Å². The molecule has 192 valence electrons. The summed E-state index contributed by atoms with van der Waals surface area (Å²) < 4.78 is 0.0308. The van der Waals surface area contributed by atoms with E-state index in [1.165, 1.54) is 6.92 Å². The number of hydrogen-bond acceptors (Lipinski definition) is 8. The molecule has 0 aliphatic carbocycles. The standard InChI is InChI=1S/C24H34N4O5S2/c1-3-7-17(27-22(32)18-12-24(14-26-18)34-10-11-35-24)21(31)23(33)25-13-19(30)28-20(15(2)29)16-8-5-4-6-9-16/h4-6,8-9,17-18,20-21,26,31H,3,7,10-14H2,1-2H3,(H,25,33)(H,27,32)(H,28,30)/t17?,18?,20-,21?/m1/s1. The number of carbonyl (C=O) groups excluding carboxylic acids is 4. The van der Waals surface area contributed by atoms with Crippen LogP contribution in [-0.4, -0.2) is 75.5 Å². The van der Waals surface area contributed by atoms with Gasteiger partial charge in [0.05, 0.1) is 22.7 Å². The van der Waals surface area contributed by atoms with Gasteiger partial charge in [0.25, 0.3) is 5.91 Å². The molecule has 0 aromatic heterocycles.